The first-order valence-corrected chi connectivity index (χ1v) is 12.8. The average molecular weight is 472 g/mol. The highest BCUT2D eigenvalue weighted by Gasteiger charge is 2.32. The van der Waals surface area contributed by atoms with Gasteiger partial charge in [0.1, 0.15) is 0 Å². The predicted octanol–water partition coefficient (Wildman–Crippen LogP) is 1.31. The van der Waals surface area contributed by atoms with Gasteiger partial charge in [-0.25, -0.2) is 4.79 Å². The first kappa shape index (κ1) is 23.5. The number of aromatic nitrogens is 2. The molecule has 2 amide bonds. The smallest absolute Gasteiger partial charge is 0.343 e. The van der Waals surface area contributed by atoms with E-state index < -0.39 is 15.7 Å². The molecular weight excluding hydrogens is 442 g/mol. The van der Waals surface area contributed by atoms with Crippen molar-refractivity contribution in [3.63, 3.8) is 0 Å². The van der Waals surface area contributed by atoms with Crippen LogP contribution in [0.4, 0.5) is 22.2 Å². The second-order valence-electron chi connectivity index (χ2n) is 8.45. The molecule has 1 aromatic heterocycles. The summed E-state index contributed by atoms with van der Waals surface area (Å²) >= 11 is 1.21. The number of nitrogens with zero attached hydrogens (tertiary/aromatic N) is 6. The normalized spacial score (nSPS) is 18.3. The van der Waals surface area contributed by atoms with Crippen molar-refractivity contribution in [2.24, 2.45) is 0 Å². The molecule has 1 N–H and O–H groups in total. The lowest BCUT2D eigenvalue weighted by Crippen LogP contribution is -2.55. The molecule has 2 fully saturated rings. The Hall–Kier alpha value is -2.15. The zero-order valence-corrected chi connectivity index (χ0v) is 19.9. The molecule has 2 saturated heterocycles. The number of carbonyl (C=O) groups excluding carboxylic acids is 1. The minimum absolute atomic E-state index is 0.105. The highest BCUT2D eigenvalue weighted by atomic mass is 32.2. The lowest BCUT2D eigenvalue weighted by molar-refractivity contribution is -0.387. The van der Waals surface area contributed by atoms with E-state index in [4.69, 9.17) is 0 Å². The molecule has 0 saturated carbocycles. The second kappa shape index (κ2) is 9.55. The molecule has 11 nitrogen and oxygen atoms in total. The fourth-order valence-electron chi connectivity index (χ4n) is 3.44. The zero-order valence-electron chi connectivity index (χ0n) is 18.3. The lowest BCUT2D eigenvalue weighted by Gasteiger charge is -2.36. The van der Waals surface area contributed by atoms with Crippen molar-refractivity contribution >= 4 is 46.0 Å². The van der Waals surface area contributed by atoms with Crippen LogP contribution in [0.25, 0.3) is 0 Å². The second-order valence-corrected chi connectivity index (χ2v) is 10.9. The third kappa shape index (κ3) is 5.76. The lowest BCUT2D eigenvalue weighted by atomic mass is 10.1. The van der Waals surface area contributed by atoms with Gasteiger partial charge in [-0.05, 0) is 27.0 Å². The zero-order chi connectivity index (χ0) is 22.8. The highest BCUT2D eigenvalue weighted by Crippen LogP contribution is 2.36. The molecule has 0 aliphatic carbocycles. The number of nitro groups is 1. The number of carbonyl (C=O) groups is 1. The first-order chi connectivity index (χ1) is 14.6. The molecule has 1 aromatic rings. The van der Waals surface area contributed by atoms with Gasteiger partial charge in [-0.1, -0.05) is 0 Å². The molecule has 0 spiro atoms. The van der Waals surface area contributed by atoms with Crippen molar-refractivity contribution in [1.29, 1.82) is 0 Å². The maximum Gasteiger partial charge on any atom is 0.343 e. The van der Waals surface area contributed by atoms with Crippen molar-refractivity contribution in [3.8, 4) is 0 Å². The Kier molecular flexibility index (Phi) is 7.24. The fourth-order valence-corrected chi connectivity index (χ4v) is 5.02. The molecule has 0 radical (unpaired) electrons. The Bertz CT molecular complexity index is 859. The van der Waals surface area contributed by atoms with Crippen molar-refractivity contribution < 1.29 is 13.9 Å². The van der Waals surface area contributed by atoms with E-state index in [1.165, 1.54) is 11.8 Å². The number of rotatable bonds is 4. The Balaban J connectivity index is 1.82. The summed E-state index contributed by atoms with van der Waals surface area (Å²) in [5.41, 5.74) is -0.414. The van der Waals surface area contributed by atoms with Gasteiger partial charge in [0.15, 0.2) is 5.03 Å². The molecule has 3 rings (SSSR count). The SMILES string of the molecule is CSc1nc(N2CCN(C(=O)NC(C)(C)C)CC2)nc(N2CCS(=O)CC2)c1[N+](=O)[O-]. The third-order valence-corrected chi connectivity index (χ3v) is 6.95. The van der Waals surface area contributed by atoms with Crippen LogP contribution in [0, 0.1) is 10.1 Å². The molecule has 0 bridgehead atoms. The first-order valence-electron chi connectivity index (χ1n) is 10.1. The largest absolute Gasteiger partial charge is 0.349 e. The third-order valence-electron chi connectivity index (χ3n) is 5.01. The number of urea groups is 1. The number of thioether (sulfide) groups is 1. The van der Waals surface area contributed by atoms with Crippen LogP contribution in [0.1, 0.15) is 20.8 Å². The van der Waals surface area contributed by atoms with Crippen LogP contribution in [-0.2, 0) is 10.8 Å². The summed E-state index contributed by atoms with van der Waals surface area (Å²) in [4.78, 5) is 38.3. The monoisotopic (exact) mass is 471 g/mol. The van der Waals surface area contributed by atoms with E-state index in [1.807, 2.05) is 30.6 Å². The average Bonchev–Trinajstić information content (AvgIpc) is 2.72. The maximum atomic E-state index is 12.4. The summed E-state index contributed by atoms with van der Waals surface area (Å²) in [6, 6.07) is -0.108. The number of hydrogen-bond donors (Lipinski definition) is 1. The summed E-state index contributed by atoms with van der Waals surface area (Å²) in [5, 5.41) is 15.1. The molecule has 0 unspecified atom stereocenters. The van der Waals surface area contributed by atoms with Gasteiger partial charge in [0, 0.05) is 67.1 Å². The summed E-state index contributed by atoms with van der Waals surface area (Å²) in [6.45, 7) is 8.81. The van der Waals surface area contributed by atoms with Gasteiger partial charge >= 0.3 is 11.7 Å². The van der Waals surface area contributed by atoms with E-state index in [9.17, 15) is 19.1 Å². The van der Waals surface area contributed by atoms with Crippen LogP contribution in [0.3, 0.4) is 0 Å². The quantitative estimate of drug-likeness (QED) is 0.299. The molecule has 31 heavy (non-hydrogen) atoms. The van der Waals surface area contributed by atoms with E-state index in [-0.39, 0.29) is 23.1 Å². The van der Waals surface area contributed by atoms with Gasteiger partial charge in [0.05, 0.1) is 4.92 Å². The van der Waals surface area contributed by atoms with Crippen molar-refractivity contribution in [1.82, 2.24) is 20.2 Å². The summed E-state index contributed by atoms with van der Waals surface area (Å²) in [7, 11) is -0.899. The highest BCUT2D eigenvalue weighted by molar-refractivity contribution is 7.98. The van der Waals surface area contributed by atoms with Crippen molar-refractivity contribution in [3.05, 3.63) is 10.1 Å². The van der Waals surface area contributed by atoms with Gasteiger partial charge in [-0.15, -0.1) is 11.8 Å². The van der Waals surface area contributed by atoms with Gasteiger partial charge in [-0.2, -0.15) is 9.97 Å². The number of anilines is 2. The van der Waals surface area contributed by atoms with Gasteiger partial charge in [-0.3, -0.25) is 14.3 Å². The van der Waals surface area contributed by atoms with E-state index in [1.54, 1.807) is 11.2 Å². The molecule has 13 heteroatoms. The molecule has 3 heterocycles. The number of amides is 2. The number of piperazine rings is 1. The summed E-state index contributed by atoms with van der Waals surface area (Å²) in [5.74, 6) is 1.63. The van der Waals surface area contributed by atoms with Crippen LogP contribution in [0.15, 0.2) is 5.03 Å². The van der Waals surface area contributed by atoms with E-state index in [0.29, 0.717) is 61.7 Å². The Morgan fingerprint density at radius 1 is 1.10 bits per heavy atom. The van der Waals surface area contributed by atoms with Crippen LogP contribution < -0.4 is 15.1 Å². The molecule has 0 aromatic carbocycles. The number of nitrogens with one attached hydrogen (secondary N) is 1. The molecule has 0 atom stereocenters. The topological polar surface area (TPSA) is 125 Å². The van der Waals surface area contributed by atoms with Crippen molar-refractivity contribution in [2.45, 2.75) is 31.3 Å². The maximum absolute atomic E-state index is 12.4. The molecule has 2 aliphatic heterocycles. The predicted molar refractivity (Wildman–Crippen MR) is 123 cm³/mol. The minimum Gasteiger partial charge on any atom is -0.349 e. The Morgan fingerprint density at radius 2 is 1.71 bits per heavy atom. The standard InChI is InChI=1S/C18H29N7O4S2/c1-18(2,3)21-17(26)24-7-5-23(6-8-24)16-19-14(22-9-11-31(29)12-10-22)13(25(27)28)15(20-16)30-4/h5-12H2,1-4H3,(H,21,26). The van der Waals surface area contributed by atoms with Gasteiger partial charge in [0.2, 0.25) is 11.8 Å². The Labute approximate surface area is 188 Å². The Morgan fingerprint density at radius 3 is 2.23 bits per heavy atom. The summed E-state index contributed by atoms with van der Waals surface area (Å²) < 4.78 is 11.7. The van der Waals surface area contributed by atoms with Crippen LogP contribution in [-0.4, -0.2) is 92.6 Å². The van der Waals surface area contributed by atoms with E-state index >= 15 is 0 Å². The summed E-state index contributed by atoms with van der Waals surface area (Å²) in [6.07, 6.45) is 1.75. The van der Waals surface area contributed by atoms with E-state index in [0.717, 1.165) is 0 Å². The minimum atomic E-state index is -0.899. The van der Waals surface area contributed by atoms with Crippen LogP contribution in [0.5, 0.6) is 0 Å². The molecular formula is C18H29N7O4S2. The fraction of sp³-hybridized carbons (Fsp3) is 0.722. The van der Waals surface area contributed by atoms with E-state index in [2.05, 4.69) is 15.3 Å². The number of hydrogen-bond acceptors (Lipinski definition) is 9. The van der Waals surface area contributed by atoms with Crippen molar-refractivity contribution in [2.75, 3.05) is 66.8 Å². The van der Waals surface area contributed by atoms with Crippen LogP contribution >= 0.6 is 11.8 Å². The van der Waals surface area contributed by atoms with Gasteiger partial charge < -0.3 is 20.0 Å². The van der Waals surface area contributed by atoms with Crippen LogP contribution in [0.2, 0.25) is 0 Å². The molecule has 2 aliphatic rings. The molecule has 172 valence electrons. The van der Waals surface area contributed by atoms with Gasteiger partial charge in [0.25, 0.3) is 0 Å².